The zero-order valence-corrected chi connectivity index (χ0v) is 19.8. The summed E-state index contributed by atoms with van der Waals surface area (Å²) < 4.78 is 9.50. The number of aliphatic hydroxyl groups is 1. The van der Waals surface area contributed by atoms with Gasteiger partial charge < -0.3 is 5.11 Å². The largest absolute Gasteiger partial charge is 0.393 e. The second kappa shape index (κ2) is 10.5. The minimum atomic E-state index is -0.0546. The fraction of sp³-hybridized carbons (Fsp3) is 0.880. The summed E-state index contributed by atoms with van der Waals surface area (Å²) in [5.41, 5.74) is 0.173. The van der Waals surface area contributed by atoms with E-state index in [4.69, 9.17) is 0 Å². The summed E-state index contributed by atoms with van der Waals surface area (Å²) in [7, 11) is 0.500. The molecule has 31 heavy (non-hydrogen) atoms. The Hall–Kier alpha value is -1.30. The first kappa shape index (κ1) is 24.3. The molecule has 8 unspecified atom stereocenters. The van der Waals surface area contributed by atoms with Crippen LogP contribution in [-0.4, -0.2) is 39.2 Å². The number of aliphatic hydroxyl groups excluding tert-OH is 1. The van der Waals surface area contributed by atoms with Crippen molar-refractivity contribution >= 4 is 5.78 Å². The number of nitrogens with zero attached hydrogens (tertiary/aromatic N) is 3. The minimum Gasteiger partial charge on any atom is -0.393 e. The number of halogens is 1. The Labute approximate surface area is 187 Å². The summed E-state index contributed by atoms with van der Waals surface area (Å²) in [5, 5.41) is 18.4. The first-order chi connectivity index (χ1) is 15.1. The number of Topliss-reactive ketones (excluding diaryl/α,β-unsaturated/α-hetero) is 1. The van der Waals surface area contributed by atoms with Crippen LogP contribution in [0.4, 0.5) is 4.39 Å². The topological polar surface area (TPSA) is 68.0 Å². The van der Waals surface area contributed by atoms with Gasteiger partial charge in [-0.2, -0.15) is 15.0 Å². The molecule has 0 aromatic carbocycles. The Morgan fingerprint density at radius 2 is 1.68 bits per heavy atom. The van der Waals surface area contributed by atoms with Gasteiger partial charge in [-0.1, -0.05) is 20.8 Å². The molecule has 4 fully saturated rings. The fourth-order valence-electron chi connectivity index (χ4n) is 7.93. The number of hydrogen-bond acceptors (Lipinski definition) is 4. The van der Waals surface area contributed by atoms with Crippen LogP contribution in [0.25, 0.3) is 0 Å². The lowest BCUT2D eigenvalue weighted by molar-refractivity contribution is -0.131. The van der Waals surface area contributed by atoms with Crippen LogP contribution >= 0.6 is 0 Å². The third kappa shape index (κ3) is 4.60. The molecule has 6 heteroatoms. The van der Waals surface area contributed by atoms with Crippen LogP contribution in [0, 0.1) is 40.9 Å². The van der Waals surface area contributed by atoms with E-state index in [9.17, 15) is 14.3 Å². The number of alkyl halides is 1. The van der Waals surface area contributed by atoms with Gasteiger partial charge in [0.15, 0.2) is 5.78 Å². The van der Waals surface area contributed by atoms with Crippen molar-refractivity contribution < 1.29 is 14.3 Å². The number of fused-ring (bicyclic) bond motifs is 5. The van der Waals surface area contributed by atoms with Gasteiger partial charge in [0.2, 0.25) is 0 Å². The highest BCUT2D eigenvalue weighted by molar-refractivity contribution is 5.81. The number of ketones is 1. The second-order valence-electron chi connectivity index (χ2n) is 10.1. The van der Waals surface area contributed by atoms with Crippen molar-refractivity contribution in [3.05, 3.63) is 12.4 Å². The molecular formula is C25H42FN3O2. The molecule has 1 heterocycles. The molecular weight excluding hydrogens is 393 g/mol. The number of carbonyl (C=O) groups excluding carboxylic acids is 1. The quantitative estimate of drug-likeness (QED) is 0.718. The third-order valence-corrected chi connectivity index (χ3v) is 9.08. The van der Waals surface area contributed by atoms with Gasteiger partial charge in [0.05, 0.1) is 25.7 Å². The molecule has 4 aliphatic rings. The molecule has 4 aliphatic carbocycles. The van der Waals surface area contributed by atoms with Gasteiger partial charge in [-0.25, -0.2) is 0 Å². The SMILES string of the molecule is CC.CC12CCC3C4CCC(O)CC4CCC3C1CCC2C(=O)Cn1nccn1.CF. The van der Waals surface area contributed by atoms with Crippen molar-refractivity contribution in [2.24, 2.45) is 40.9 Å². The molecule has 5 rings (SSSR count). The maximum Gasteiger partial charge on any atom is 0.159 e. The smallest absolute Gasteiger partial charge is 0.159 e. The summed E-state index contributed by atoms with van der Waals surface area (Å²) in [6, 6.07) is 0. The number of hydrogen-bond donors (Lipinski definition) is 1. The monoisotopic (exact) mass is 435 g/mol. The number of aromatic nitrogens is 3. The Morgan fingerprint density at radius 1 is 1.00 bits per heavy atom. The Balaban J connectivity index is 0.000000645. The van der Waals surface area contributed by atoms with Gasteiger partial charge in [0.25, 0.3) is 0 Å². The lowest BCUT2D eigenvalue weighted by atomic mass is 9.49. The molecule has 0 aliphatic heterocycles. The summed E-state index contributed by atoms with van der Waals surface area (Å²) in [4.78, 5) is 14.6. The van der Waals surface area contributed by atoms with Crippen LogP contribution < -0.4 is 0 Å². The summed E-state index contributed by atoms with van der Waals surface area (Å²) >= 11 is 0. The highest BCUT2D eigenvalue weighted by Crippen LogP contribution is 2.64. The van der Waals surface area contributed by atoms with E-state index >= 15 is 0 Å². The number of carbonyl (C=O) groups is 1. The zero-order valence-electron chi connectivity index (χ0n) is 19.8. The molecule has 0 radical (unpaired) electrons. The predicted octanol–water partition coefficient (Wildman–Crippen LogP) is 5.09. The summed E-state index contributed by atoms with van der Waals surface area (Å²) in [6.45, 7) is 6.74. The van der Waals surface area contributed by atoms with Crippen molar-refractivity contribution in [3.63, 3.8) is 0 Å². The van der Waals surface area contributed by atoms with Gasteiger partial charge in [-0.05, 0) is 92.8 Å². The Morgan fingerprint density at radius 3 is 2.39 bits per heavy atom. The molecule has 5 nitrogen and oxygen atoms in total. The summed E-state index contributed by atoms with van der Waals surface area (Å²) in [6.07, 6.45) is 13.9. The highest BCUT2D eigenvalue weighted by atomic mass is 19.1. The Bertz CT molecular complexity index is 697. The molecule has 1 aromatic heterocycles. The van der Waals surface area contributed by atoms with Crippen LogP contribution in [0.3, 0.4) is 0 Å². The second-order valence-corrected chi connectivity index (χ2v) is 10.1. The van der Waals surface area contributed by atoms with Crippen molar-refractivity contribution in [2.45, 2.75) is 91.2 Å². The first-order valence-electron chi connectivity index (χ1n) is 12.5. The molecule has 8 atom stereocenters. The van der Waals surface area contributed by atoms with Gasteiger partial charge in [0.1, 0.15) is 6.54 Å². The van der Waals surface area contributed by atoms with Crippen LogP contribution in [-0.2, 0) is 11.3 Å². The van der Waals surface area contributed by atoms with Crippen LogP contribution in [0.1, 0.15) is 78.6 Å². The van der Waals surface area contributed by atoms with E-state index in [1.165, 1.54) is 38.5 Å². The van der Waals surface area contributed by atoms with E-state index < -0.39 is 0 Å². The molecule has 176 valence electrons. The van der Waals surface area contributed by atoms with Crippen LogP contribution in [0.5, 0.6) is 0 Å². The maximum atomic E-state index is 13.1. The van der Waals surface area contributed by atoms with Gasteiger partial charge >= 0.3 is 0 Å². The highest BCUT2D eigenvalue weighted by Gasteiger charge is 2.58. The first-order valence-corrected chi connectivity index (χ1v) is 12.5. The fourth-order valence-corrected chi connectivity index (χ4v) is 7.93. The lowest BCUT2D eigenvalue weighted by Crippen LogP contribution is -2.50. The molecule has 0 amide bonds. The van der Waals surface area contributed by atoms with Crippen molar-refractivity contribution in [1.29, 1.82) is 0 Å². The van der Waals surface area contributed by atoms with Crippen molar-refractivity contribution in [1.82, 2.24) is 15.0 Å². The number of rotatable bonds is 3. The van der Waals surface area contributed by atoms with E-state index in [-0.39, 0.29) is 17.4 Å². The van der Waals surface area contributed by atoms with E-state index in [2.05, 4.69) is 17.1 Å². The minimum absolute atomic E-state index is 0.0546. The van der Waals surface area contributed by atoms with Gasteiger partial charge in [0, 0.05) is 5.92 Å². The predicted molar refractivity (Wildman–Crippen MR) is 120 cm³/mol. The molecule has 1 N–H and O–H groups in total. The van der Waals surface area contributed by atoms with Crippen molar-refractivity contribution in [3.8, 4) is 0 Å². The van der Waals surface area contributed by atoms with Gasteiger partial charge in [-0.3, -0.25) is 9.18 Å². The van der Waals surface area contributed by atoms with Crippen LogP contribution in [0.15, 0.2) is 12.4 Å². The lowest BCUT2D eigenvalue weighted by Gasteiger charge is -2.56. The van der Waals surface area contributed by atoms with Crippen molar-refractivity contribution in [2.75, 3.05) is 7.18 Å². The van der Waals surface area contributed by atoms with E-state index in [1.807, 2.05) is 13.8 Å². The van der Waals surface area contributed by atoms with E-state index in [0.29, 0.717) is 25.4 Å². The standard InChI is InChI=1S/C22H33N3O2.C2H6.CH3F/c1-22-9-8-17-16-5-3-15(26)12-14(16)2-4-18(17)19(22)6-7-20(22)21(27)13-25-23-10-11-24-25;2*1-2/h10-11,14-20,26H,2-9,12-13H2,1H3;1-2H3;1H3. The van der Waals surface area contributed by atoms with Crippen LogP contribution in [0.2, 0.25) is 0 Å². The average molecular weight is 436 g/mol. The molecule has 0 saturated heterocycles. The van der Waals surface area contributed by atoms with E-state index in [0.717, 1.165) is 42.9 Å². The van der Waals surface area contributed by atoms with E-state index in [1.54, 1.807) is 17.2 Å². The summed E-state index contributed by atoms with van der Waals surface area (Å²) in [5.74, 6) is 4.47. The molecule has 0 spiro atoms. The normalized spacial score (nSPS) is 40.8. The third-order valence-electron chi connectivity index (χ3n) is 9.08. The molecule has 4 saturated carbocycles. The van der Waals surface area contributed by atoms with Gasteiger partial charge in [-0.15, -0.1) is 0 Å². The molecule has 0 bridgehead atoms. The average Bonchev–Trinajstić information content (AvgIpc) is 3.43. The zero-order chi connectivity index (χ0) is 22.6. The maximum absolute atomic E-state index is 13.1. The molecule has 1 aromatic rings. The Kier molecular flexibility index (Phi) is 8.28.